The van der Waals surface area contributed by atoms with Crippen molar-refractivity contribution < 1.29 is 4.79 Å². The maximum Gasteiger partial charge on any atom is 0.209 e. The van der Waals surface area contributed by atoms with E-state index in [1.807, 2.05) is 27.7 Å². The zero-order chi connectivity index (χ0) is 9.82. The van der Waals surface area contributed by atoms with Crippen molar-refractivity contribution in [3.05, 3.63) is 0 Å². The molecule has 0 unspecified atom stereocenters. The molecule has 1 aliphatic heterocycles. The highest BCUT2D eigenvalue weighted by Gasteiger charge is 2.04. The van der Waals surface area contributed by atoms with E-state index >= 15 is 0 Å². The van der Waals surface area contributed by atoms with Crippen LogP contribution in [0.1, 0.15) is 27.7 Å². The molecule has 0 atom stereocenters. The largest absolute Gasteiger partial charge is 0.343 e. The molecule has 0 spiro atoms. The number of nitrogens with one attached hydrogen (secondary N) is 1. The van der Waals surface area contributed by atoms with Gasteiger partial charge in [-0.1, -0.05) is 27.7 Å². The molecular formula is C9H22N2O. The van der Waals surface area contributed by atoms with Crippen molar-refractivity contribution in [2.45, 2.75) is 27.7 Å². The van der Waals surface area contributed by atoms with Gasteiger partial charge in [-0.3, -0.25) is 4.79 Å². The second-order valence-electron chi connectivity index (χ2n) is 1.89. The number of piperazine rings is 1. The summed E-state index contributed by atoms with van der Waals surface area (Å²) in [4.78, 5) is 11.8. The predicted octanol–water partition coefficient (Wildman–Crippen LogP) is 1.10. The van der Waals surface area contributed by atoms with Crippen LogP contribution in [0.2, 0.25) is 0 Å². The lowest BCUT2D eigenvalue weighted by molar-refractivity contribution is -0.118. The minimum atomic E-state index is 0.865. The smallest absolute Gasteiger partial charge is 0.209 e. The fourth-order valence-electron chi connectivity index (χ4n) is 0.788. The highest BCUT2D eigenvalue weighted by molar-refractivity contribution is 5.47. The van der Waals surface area contributed by atoms with Gasteiger partial charge in [0.15, 0.2) is 0 Å². The molecule has 74 valence electrons. The van der Waals surface area contributed by atoms with Crippen molar-refractivity contribution in [3.8, 4) is 0 Å². The van der Waals surface area contributed by atoms with Gasteiger partial charge >= 0.3 is 0 Å². The maximum atomic E-state index is 10.1. The molecule has 0 aromatic heterocycles. The lowest BCUT2D eigenvalue weighted by Crippen LogP contribution is -2.42. The van der Waals surface area contributed by atoms with Crippen molar-refractivity contribution in [2.24, 2.45) is 0 Å². The van der Waals surface area contributed by atoms with Crippen LogP contribution in [0, 0.1) is 0 Å². The van der Waals surface area contributed by atoms with Crippen LogP contribution in [0.3, 0.4) is 0 Å². The quantitative estimate of drug-likeness (QED) is 0.604. The van der Waals surface area contributed by atoms with Gasteiger partial charge in [0.1, 0.15) is 0 Å². The van der Waals surface area contributed by atoms with Crippen LogP contribution in [0.25, 0.3) is 0 Å². The molecule has 0 aliphatic carbocycles. The summed E-state index contributed by atoms with van der Waals surface area (Å²) < 4.78 is 0. The zero-order valence-corrected chi connectivity index (χ0v) is 8.76. The van der Waals surface area contributed by atoms with Gasteiger partial charge < -0.3 is 10.2 Å². The Labute approximate surface area is 76.1 Å². The summed E-state index contributed by atoms with van der Waals surface area (Å²) >= 11 is 0. The number of nitrogens with zero attached hydrogens (tertiary/aromatic N) is 1. The molecule has 0 aromatic carbocycles. The first-order valence-corrected chi connectivity index (χ1v) is 4.83. The molecule has 1 rings (SSSR count). The summed E-state index contributed by atoms with van der Waals surface area (Å²) in [5.41, 5.74) is 0. The van der Waals surface area contributed by atoms with Crippen LogP contribution in [0.15, 0.2) is 0 Å². The average molecular weight is 174 g/mol. The Bertz CT molecular complexity index is 80.6. The minimum Gasteiger partial charge on any atom is -0.343 e. The Kier molecular flexibility index (Phi) is 15.2. The molecule has 1 saturated heterocycles. The predicted molar refractivity (Wildman–Crippen MR) is 53.2 cm³/mol. The van der Waals surface area contributed by atoms with Crippen LogP contribution < -0.4 is 5.32 Å². The van der Waals surface area contributed by atoms with Crippen LogP contribution in [-0.4, -0.2) is 37.5 Å². The first-order valence-electron chi connectivity index (χ1n) is 4.83. The molecule has 1 amide bonds. The molecule has 1 fully saturated rings. The SMILES string of the molecule is CC.CC.O=CN1CCNCC1. The van der Waals surface area contributed by atoms with E-state index in [-0.39, 0.29) is 0 Å². The third kappa shape index (κ3) is 7.54. The molecule has 0 bridgehead atoms. The normalized spacial score (nSPS) is 14.8. The first-order chi connectivity index (χ1) is 5.93. The van der Waals surface area contributed by atoms with E-state index in [1.54, 1.807) is 4.90 Å². The van der Waals surface area contributed by atoms with Crippen LogP contribution in [-0.2, 0) is 4.79 Å². The van der Waals surface area contributed by atoms with E-state index < -0.39 is 0 Å². The standard InChI is InChI=1S/C5H10N2O.2C2H6/c8-5-7-3-1-6-2-4-7;2*1-2/h5-6H,1-4H2;2*1-2H3. The molecule has 0 aromatic rings. The number of carbonyl (C=O) groups excluding carboxylic acids is 1. The van der Waals surface area contributed by atoms with Crippen molar-refractivity contribution in [3.63, 3.8) is 0 Å². The van der Waals surface area contributed by atoms with E-state index in [2.05, 4.69) is 5.32 Å². The molecule has 1 heterocycles. The summed E-state index contributed by atoms with van der Waals surface area (Å²) in [6, 6.07) is 0. The van der Waals surface area contributed by atoms with Crippen molar-refractivity contribution >= 4 is 6.41 Å². The highest BCUT2D eigenvalue weighted by atomic mass is 16.1. The summed E-state index contributed by atoms with van der Waals surface area (Å²) in [5, 5.41) is 3.15. The van der Waals surface area contributed by atoms with Gasteiger partial charge in [-0.2, -0.15) is 0 Å². The summed E-state index contributed by atoms with van der Waals surface area (Å²) in [6.45, 7) is 11.6. The van der Waals surface area contributed by atoms with Crippen molar-refractivity contribution in [1.82, 2.24) is 10.2 Å². The third-order valence-electron chi connectivity index (χ3n) is 1.30. The molecular weight excluding hydrogens is 152 g/mol. The van der Waals surface area contributed by atoms with E-state index in [0.29, 0.717) is 0 Å². The van der Waals surface area contributed by atoms with Gasteiger partial charge in [0.2, 0.25) is 6.41 Å². The fourth-order valence-corrected chi connectivity index (χ4v) is 0.788. The number of rotatable bonds is 1. The average Bonchev–Trinajstić information content (AvgIpc) is 2.25. The van der Waals surface area contributed by atoms with E-state index in [1.165, 1.54) is 0 Å². The Balaban J connectivity index is 0. The van der Waals surface area contributed by atoms with Crippen molar-refractivity contribution in [2.75, 3.05) is 26.2 Å². The number of carbonyl (C=O) groups is 1. The molecule has 0 radical (unpaired) electrons. The van der Waals surface area contributed by atoms with Gasteiger partial charge in [0.05, 0.1) is 0 Å². The van der Waals surface area contributed by atoms with Gasteiger partial charge in [-0.05, 0) is 0 Å². The van der Waals surface area contributed by atoms with Gasteiger partial charge in [-0.25, -0.2) is 0 Å². The summed E-state index contributed by atoms with van der Waals surface area (Å²) in [6.07, 6.45) is 0.904. The van der Waals surface area contributed by atoms with Crippen LogP contribution in [0.4, 0.5) is 0 Å². The van der Waals surface area contributed by atoms with E-state index in [4.69, 9.17) is 0 Å². The molecule has 12 heavy (non-hydrogen) atoms. The van der Waals surface area contributed by atoms with Crippen LogP contribution in [0.5, 0.6) is 0 Å². The second kappa shape index (κ2) is 13.1. The van der Waals surface area contributed by atoms with E-state index in [0.717, 1.165) is 32.6 Å². The Morgan fingerprint density at radius 1 is 1.08 bits per heavy atom. The minimum absolute atomic E-state index is 0.865. The highest BCUT2D eigenvalue weighted by Crippen LogP contribution is 1.84. The van der Waals surface area contributed by atoms with Gasteiger partial charge in [-0.15, -0.1) is 0 Å². The van der Waals surface area contributed by atoms with Gasteiger partial charge in [0, 0.05) is 26.2 Å². The first kappa shape index (κ1) is 14.0. The van der Waals surface area contributed by atoms with Gasteiger partial charge in [0.25, 0.3) is 0 Å². The molecule has 3 heteroatoms. The van der Waals surface area contributed by atoms with Crippen LogP contribution >= 0.6 is 0 Å². The maximum absolute atomic E-state index is 10.1. The monoisotopic (exact) mass is 174 g/mol. The molecule has 3 nitrogen and oxygen atoms in total. The molecule has 0 saturated carbocycles. The van der Waals surface area contributed by atoms with E-state index in [9.17, 15) is 4.79 Å². The Morgan fingerprint density at radius 3 is 1.75 bits per heavy atom. The number of hydrogen-bond donors (Lipinski definition) is 1. The number of hydrogen-bond acceptors (Lipinski definition) is 2. The lowest BCUT2D eigenvalue weighted by atomic mass is 10.4. The Morgan fingerprint density at radius 2 is 1.50 bits per heavy atom. The zero-order valence-electron chi connectivity index (χ0n) is 8.76. The third-order valence-corrected chi connectivity index (χ3v) is 1.30. The number of amides is 1. The molecule has 1 N–H and O–H groups in total. The summed E-state index contributed by atoms with van der Waals surface area (Å²) in [5.74, 6) is 0. The lowest BCUT2D eigenvalue weighted by Gasteiger charge is -2.22. The molecule has 1 aliphatic rings. The fraction of sp³-hybridized carbons (Fsp3) is 0.889. The summed E-state index contributed by atoms with van der Waals surface area (Å²) in [7, 11) is 0. The van der Waals surface area contributed by atoms with Crippen molar-refractivity contribution in [1.29, 1.82) is 0 Å². The Hall–Kier alpha value is -0.570. The second-order valence-corrected chi connectivity index (χ2v) is 1.89. The topological polar surface area (TPSA) is 32.3 Å².